The molecule has 0 bridgehead atoms. The van der Waals surface area contributed by atoms with Crippen LogP contribution in [0.4, 0.5) is 5.69 Å². The first-order chi connectivity index (χ1) is 7.85. The summed E-state index contributed by atoms with van der Waals surface area (Å²) in [6, 6.07) is 7.18. The molecule has 0 aliphatic heterocycles. The lowest BCUT2D eigenvalue weighted by molar-refractivity contribution is 0.382. The van der Waals surface area contributed by atoms with Crippen molar-refractivity contribution in [3.63, 3.8) is 0 Å². The summed E-state index contributed by atoms with van der Waals surface area (Å²) in [5, 5.41) is 0. The fraction of sp³-hybridized carbons (Fsp3) is 0.250. The summed E-state index contributed by atoms with van der Waals surface area (Å²) in [6.07, 6.45) is 0. The Labute approximate surface area is 100 Å². The molecule has 17 heavy (non-hydrogen) atoms. The summed E-state index contributed by atoms with van der Waals surface area (Å²) in [6.45, 7) is 0. The van der Waals surface area contributed by atoms with Crippen molar-refractivity contribution >= 4 is 26.3 Å². The maximum atomic E-state index is 11.6. The van der Waals surface area contributed by atoms with Crippen molar-refractivity contribution in [2.45, 2.75) is 0 Å². The Morgan fingerprint density at radius 3 is 1.65 bits per heavy atom. The van der Waals surface area contributed by atoms with Gasteiger partial charge < -0.3 is 0 Å². The van der Waals surface area contributed by atoms with Crippen molar-refractivity contribution in [2.24, 2.45) is 0 Å². The topological polar surface area (TPSA) is 90.0 Å². The van der Waals surface area contributed by atoms with E-state index < -0.39 is 20.6 Å². The Bertz CT molecular complexity index is 531. The molecule has 9 heteroatoms. The third kappa shape index (κ3) is 2.94. The van der Waals surface area contributed by atoms with Gasteiger partial charge in [-0.1, -0.05) is 18.2 Å². The number of rotatable bonds is 5. The zero-order chi connectivity index (χ0) is 13.1. The highest BCUT2D eigenvalue weighted by Gasteiger charge is 2.34. The van der Waals surface area contributed by atoms with Gasteiger partial charge in [0.25, 0.3) is 0 Å². The van der Waals surface area contributed by atoms with E-state index in [9.17, 15) is 16.8 Å². The Hall–Kier alpha value is -1.16. The van der Waals surface area contributed by atoms with Crippen LogP contribution >= 0.6 is 0 Å². The first kappa shape index (κ1) is 13.9. The number of hydrogen-bond donors (Lipinski definition) is 0. The highest BCUT2D eigenvalue weighted by molar-refractivity contribution is 8.06. The molecule has 0 saturated heterocycles. The van der Waals surface area contributed by atoms with Gasteiger partial charge in [0.2, 0.25) is 0 Å². The van der Waals surface area contributed by atoms with Crippen molar-refractivity contribution in [2.75, 3.05) is 17.9 Å². The van der Waals surface area contributed by atoms with Gasteiger partial charge in [0, 0.05) is 0 Å². The highest BCUT2D eigenvalue weighted by Crippen LogP contribution is 2.22. The van der Waals surface area contributed by atoms with E-state index in [0.717, 1.165) is 14.2 Å². The van der Waals surface area contributed by atoms with Crippen LogP contribution in [0.1, 0.15) is 0 Å². The monoisotopic (exact) mass is 281 g/mol. The first-order valence-corrected chi connectivity index (χ1v) is 7.05. The Balaban J connectivity index is 3.44. The first-order valence-electron chi connectivity index (χ1n) is 4.32. The fourth-order valence-corrected chi connectivity index (χ4v) is 3.35. The molecule has 7 nitrogen and oxygen atoms in total. The van der Waals surface area contributed by atoms with Gasteiger partial charge in [-0.15, -0.1) is 3.71 Å². The van der Waals surface area contributed by atoms with Crippen LogP contribution < -0.4 is 3.71 Å². The van der Waals surface area contributed by atoms with Crippen LogP contribution in [0, 0.1) is 0 Å². The molecule has 0 atom stereocenters. The van der Waals surface area contributed by atoms with Gasteiger partial charge in [0.05, 0.1) is 19.9 Å². The summed E-state index contributed by atoms with van der Waals surface area (Å²) in [4.78, 5) is 0. The maximum absolute atomic E-state index is 11.6. The number of anilines is 1. The molecule has 0 heterocycles. The average Bonchev–Trinajstić information content (AvgIpc) is 2.30. The number of hydrogen-bond acceptors (Lipinski definition) is 6. The molecule has 1 rings (SSSR count). The summed E-state index contributed by atoms with van der Waals surface area (Å²) < 4.78 is 54.6. The lowest BCUT2D eigenvalue weighted by Crippen LogP contribution is -2.38. The number of benzene rings is 1. The largest absolute Gasteiger partial charge is 0.377 e. The smallest absolute Gasteiger partial charge is 0.256 e. The van der Waals surface area contributed by atoms with E-state index in [1.165, 1.54) is 24.3 Å². The Kier molecular flexibility index (Phi) is 4.09. The quantitative estimate of drug-likeness (QED) is 0.769. The van der Waals surface area contributed by atoms with Gasteiger partial charge in [-0.05, 0) is 12.1 Å². The van der Waals surface area contributed by atoms with Crippen molar-refractivity contribution in [3.8, 4) is 0 Å². The second-order valence-electron chi connectivity index (χ2n) is 2.78. The molecular formula is C8H11NO6S2. The summed E-state index contributed by atoms with van der Waals surface area (Å²) in [7, 11) is -7.21. The summed E-state index contributed by atoms with van der Waals surface area (Å²) >= 11 is 0. The summed E-state index contributed by atoms with van der Waals surface area (Å²) in [5.74, 6) is 0. The third-order valence-corrected chi connectivity index (χ3v) is 4.97. The normalized spacial score (nSPS) is 12.4. The van der Waals surface area contributed by atoms with Crippen molar-refractivity contribution in [3.05, 3.63) is 30.3 Å². The van der Waals surface area contributed by atoms with Gasteiger partial charge in [-0.2, -0.15) is 16.8 Å². The van der Waals surface area contributed by atoms with Gasteiger partial charge in [0.15, 0.2) is 0 Å². The highest BCUT2D eigenvalue weighted by atomic mass is 32.3. The lowest BCUT2D eigenvalue weighted by atomic mass is 10.3. The Morgan fingerprint density at radius 2 is 1.29 bits per heavy atom. The SMILES string of the molecule is COS(=O)(=O)N(c1ccccc1)S(=O)(=O)OC. The van der Waals surface area contributed by atoms with E-state index in [0.29, 0.717) is 0 Å². The molecule has 1 aromatic rings. The van der Waals surface area contributed by atoms with Gasteiger partial charge in [-0.25, -0.2) is 0 Å². The molecule has 0 radical (unpaired) electrons. The van der Waals surface area contributed by atoms with Crippen molar-refractivity contribution < 1.29 is 25.2 Å². The van der Waals surface area contributed by atoms with E-state index in [1.807, 2.05) is 0 Å². The molecule has 0 aromatic heterocycles. The van der Waals surface area contributed by atoms with Crippen molar-refractivity contribution in [1.29, 1.82) is 0 Å². The number of para-hydroxylation sites is 1. The van der Waals surface area contributed by atoms with Gasteiger partial charge in [0.1, 0.15) is 0 Å². The maximum Gasteiger partial charge on any atom is 0.377 e. The zero-order valence-electron chi connectivity index (χ0n) is 9.10. The predicted molar refractivity (Wildman–Crippen MR) is 60.8 cm³/mol. The molecule has 0 unspecified atom stereocenters. The number of nitrogens with zero attached hydrogens (tertiary/aromatic N) is 1. The van der Waals surface area contributed by atoms with E-state index in [1.54, 1.807) is 6.07 Å². The molecule has 0 amide bonds. The van der Waals surface area contributed by atoms with Crippen LogP contribution in [-0.4, -0.2) is 31.1 Å². The van der Waals surface area contributed by atoms with Crippen molar-refractivity contribution in [1.82, 2.24) is 0 Å². The van der Waals surface area contributed by atoms with Gasteiger partial charge >= 0.3 is 20.6 Å². The van der Waals surface area contributed by atoms with Gasteiger partial charge in [-0.3, -0.25) is 8.37 Å². The summed E-state index contributed by atoms with van der Waals surface area (Å²) in [5.41, 5.74) is -0.101. The molecular weight excluding hydrogens is 270 g/mol. The van der Waals surface area contributed by atoms with Crippen LogP contribution in [-0.2, 0) is 29.0 Å². The van der Waals surface area contributed by atoms with Crippen LogP contribution in [0.25, 0.3) is 0 Å². The fourth-order valence-electron chi connectivity index (χ4n) is 1.06. The minimum absolute atomic E-state index is 0.0694. The molecule has 0 aliphatic rings. The molecule has 0 fully saturated rings. The molecule has 1 aromatic carbocycles. The molecule has 0 aliphatic carbocycles. The minimum Gasteiger partial charge on any atom is -0.256 e. The molecule has 0 saturated carbocycles. The zero-order valence-corrected chi connectivity index (χ0v) is 10.7. The average molecular weight is 281 g/mol. The van der Waals surface area contributed by atoms with E-state index in [-0.39, 0.29) is 9.40 Å². The molecule has 96 valence electrons. The predicted octanol–water partition coefficient (Wildman–Crippen LogP) is 0.275. The second-order valence-corrected chi connectivity index (χ2v) is 6.12. The van der Waals surface area contributed by atoms with Crippen LogP contribution in [0.3, 0.4) is 0 Å². The second kappa shape index (κ2) is 5.00. The van der Waals surface area contributed by atoms with E-state index in [2.05, 4.69) is 8.37 Å². The third-order valence-electron chi connectivity index (χ3n) is 1.79. The molecule has 0 N–H and O–H groups in total. The molecule has 0 spiro atoms. The van der Waals surface area contributed by atoms with E-state index in [4.69, 9.17) is 0 Å². The Morgan fingerprint density at radius 1 is 0.882 bits per heavy atom. The van der Waals surface area contributed by atoms with Crippen LogP contribution in [0.15, 0.2) is 30.3 Å². The minimum atomic E-state index is -4.46. The lowest BCUT2D eigenvalue weighted by Gasteiger charge is -2.20. The van der Waals surface area contributed by atoms with Crippen LogP contribution in [0.2, 0.25) is 0 Å². The van der Waals surface area contributed by atoms with Crippen LogP contribution in [0.5, 0.6) is 0 Å². The standard InChI is InChI=1S/C8H11NO6S2/c1-14-16(10,11)9(17(12,13)15-2)8-6-4-3-5-7-8/h3-7H,1-2H3. The van der Waals surface area contributed by atoms with E-state index >= 15 is 0 Å².